The molecule has 0 N–H and O–H groups in total. The lowest BCUT2D eigenvalue weighted by Gasteiger charge is -2.17. The maximum Gasteiger partial charge on any atom is 0.191 e. The number of nitrogens with zero attached hydrogens (tertiary/aromatic N) is 3. The second-order valence-corrected chi connectivity index (χ2v) is 8.76. The zero-order chi connectivity index (χ0) is 21.1. The second-order valence-electron chi connectivity index (χ2n) is 7.82. The minimum Gasteiger partial charge on any atom is -0.308 e. The number of hydrogen-bond donors (Lipinski definition) is 0. The van der Waals surface area contributed by atoms with Crippen molar-refractivity contribution in [3.05, 3.63) is 112 Å². The molecule has 0 fully saturated rings. The summed E-state index contributed by atoms with van der Waals surface area (Å²) in [5, 5.41) is 10.1. The molecule has 0 spiro atoms. The van der Waals surface area contributed by atoms with Crippen molar-refractivity contribution in [1.82, 2.24) is 14.8 Å². The Morgan fingerprint density at radius 3 is 1.87 bits per heavy atom. The van der Waals surface area contributed by atoms with E-state index in [-0.39, 0.29) is 5.92 Å². The summed E-state index contributed by atoms with van der Waals surface area (Å²) < 4.78 is 2.15. The SMILES string of the molecule is Cc1cc(C)c(CSc2nnc(C(c3ccccc3)c3ccccc3)n2C)c(C)c1. The summed E-state index contributed by atoms with van der Waals surface area (Å²) in [4.78, 5) is 0. The highest BCUT2D eigenvalue weighted by Gasteiger charge is 2.23. The predicted molar refractivity (Wildman–Crippen MR) is 125 cm³/mol. The van der Waals surface area contributed by atoms with Crippen LogP contribution in [0.5, 0.6) is 0 Å². The Kier molecular flexibility index (Phi) is 6.05. The highest BCUT2D eigenvalue weighted by Crippen LogP contribution is 2.33. The van der Waals surface area contributed by atoms with Gasteiger partial charge in [-0.1, -0.05) is 90.1 Å². The third-order valence-electron chi connectivity index (χ3n) is 5.58. The van der Waals surface area contributed by atoms with Crippen LogP contribution in [-0.2, 0) is 12.8 Å². The minimum absolute atomic E-state index is 0.0575. The van der Waals surface area contributed by atoms with Crippen LogP contribution in [0.1, 0.15) is 45.1 Å². The van der Waals surface area contributed by atoms with Crippen LogP contribution in [0.4, 0.5) is 0 Å². The summed E-state index contributed by atoms with van der Waals surface area (Å²) in [5.74, 6) is 1.92. The van der Waals surface area contributed by atoms with Crippen LogP contribution < -0.4 is 0 Å². The fraction of sp³-hybridized carbons (Fsp3) is 0.231. The summed E-state index contributed by atoms with van der Waals surface area (Å²) in [6.07, 6.45) is 0. The Morgan fingerprint density at radius 1 is 0.800 bits per heavy atom. The van der Waals surface area contributed by atoms with Gasteiger partial charge in [-0.25, -0.2) is 0 Å². The van der Waals surface area contributed by atoms with Gasteiger partial charge in [0.25, 0.3) is 0 Å². The lowest BCUT2D eigenvalue weighted by atomic mass is 9.90. The molecule has 30 heavy (non-hydrogen) atoms. The lowest BCUT2D eigenvalue weighted by Crippen LogP contribution is -2.10. The number of aryl methyl sites for hydroxylation is 3. The molecular formula is C26H27N3S. The third-order valence-corrected chi connectivity index (χ3v) is 6.63. The van der Waals surface area contributed by atoms with Crippen molar-refractivity contribution in [2.75, 3.05) is 0 Å². The molecule has 3 aromatic carbocycles. The maximum atomic E-state index is 4.63. The first-order chi connectivity index (χ1) is 14.5. The van der Waals surface area contributed by atoms with Gasteiger partial charge in [-0.3, -0.25) is 0 Å². The van der Waals surface area contributed by atoms with Gasteiger partial charge in [0.1, 0.15) is 5.82 Å². The largest absolute Gasteiger partial charge is 0.308 e. The van der Waals surface area contributed by atoms with E-state index in [0.717, 1.165) is 16.7 Å². The normalized spacial score (nSPS) is 11.2. The molecule has 0 bridgehead atoms. The molecule has 152 valence electrons. The average Bonchev–Trinajstić information content (AvgIpc) is 3.09. The molecule has 0 aliphatic rings. The molecule has 0 aliphatic carbocycles. The van der Waals surface area contributed by atoms with E-state index in [2.05, 4.69) is 115 Å². The van der Waals surface area contributed by atoms with Crippen LogP contribution in [0.25, 0.3) is 0 Å². The van der Waals surface area contributed by atoms with E-state index >= 15 is 0 Å². The number of aromatic nitrogens is 3. The molecule has 3 nitrogen and oxygen atoms in total. The van der Waals surface area contributed by atoms with Gasteiger partial charge in [-0.15, -0.1) is 10.2 Å². The van der Waals surface area contributed by atoms with Crippen LogP contribution in [0.3, 0.4) is 0 Å². The summed E-state index contributed by atoms with van der Waals surface area (Å²) in [6.45, 7) is 6.54. The Hall–Kier alpha value is -2.85. The minimum atomic E-state index is 0.0575. The van der Waals surface area contributed by atoms with Crippen molar-refractivity contribution in [2.45, 2.75) is 37.6 Å². The fourth-order valence-corrected chi connectivity index (χ4v) is 5.17. The van der Waals surface area contributed by atoms with Crippen LogP contribution in [0, 0.1) is 20.8 Å². The van der Waals surface area contributed by atoms with Crippen LogP contribution in [-0.4, -0.2) is 14.8 Å². The molecule has 4 rings (SSSR count). The smallest absolute Gasteiger partial charge is 0.191 e. The van der Waals surface area contributed by atoms with E-state index in [9.17, 15) is 0 Å². The second kappa shape index (κ2) is 8.88. The molecule has 4 heteroatoms. The van der Waals surface area contributed by atoms with Crippen molar-refractivity contribution in [1.29, 1.82) is 0 Å². The molecule has 0 amide bonds. The highest BCUT2D eigenvalue weighted by molar-refractivity contribution is 7.98. The number of rotatable bonds is 6. The van der Waals surface area contributed by atoms with E-state index in [4.69, 9.17) is 0 Å². The molecule has 1 aromatic heterocycles. The monoisotopic (exact) mass is 413 g/mol. The van der Waals surface area contributed by atoms with E-state index < -0.39 is 0 Å². The van der Waals surface area contributed by atoms with Crippen molar-refractivity contribution >= 4 is 11.8 Å². The van der Waals surface area contributed by atoms with Gasteiger partial charge in [0.05, 0.1) is 5.92 Å². The first kappa shape index (κ1) is 20.4. The van der Waals surface area contributed by atoms with E-state index in [1.807, 2.05) is 0 Å². The van der Waals surface area contributed by atoms with Crippen molar-refractivity contribution < 1.29 is 0 Å². The summed E-state index contributed by atoms with van der Waals surface area (Å²) in [5.41, 5.74) is 7.83. The molecule has 0 radical (unpaired) electrons. The van der Waals surface area contributed by atoms with Crippen molar-refractivity contribution in [3.63, 3.8) is 0 Å². The van der Waals surface area contributed by atoms with Gasteiger partial charge in [-0.2, -0.15) is 0 Å². The van der Waals surface area contributed by atoms with Gasteiger partial charge in [0.2, 0.25) is 0 Å². The van der Waals surface area contributed by atoms with Crippen LogP contribution in [0.15, 0.2) is 78.0 Å². The van der Waals surface area contributed by atoms with Gasteiger partial charge >= 0.3 is 0 Å². The van der Waals surface area contributed by atoms with Gasteiger partial charge in [-0.05, 0) is 48.6 Å². The van der Waals surface area contributed by atoms with E-state index in [1.165, 1.54) is 33.4 Å². The number of hydrogen-bond acceptors (Lipinski definition) is 3. The number of thioether (sulfide) groups is 1. The molecule has 0 unspecified atom stereocenters. The summed E-state index contributed by atoms with van der Waals surface area (Å²) in [6, 6.07) is 25.6. The highest BCUT2D eigenvalue weighted by atomic mass is 32.2. The fourth-order valence-electron chi connectivity index (χ4n) is 4.06. The average molecular weight is 414 g/mol. The Morgan fingerprint density at radius 2 is 1.33 bits per heavy atom. The molecule has 0 aliphatic heterocycles. The predicted octanol–water partition coefficient (Wildman–Crippen LogP) is 6.21. The van der Waals surface area contributed by atoms with Gasteiger partial charge in [0.15, 0.2) is 5.16 Å². The topological polar surface area (TPSA) is 30.7 Å². The zero-order valence-electron chi connectivity index (χ0n) is 18.0. The lowest BCUT2D eigenvalue weighted by molar-refractivity contribution is 0.716. The van der Waals surface area contributed by atoms with Gasteiger partial charge < -0.3 is 4.57 Å². The summed E-state index contributed by atoms with van der Waals surface area (Å²) in [7, 11) is 2.07. The van der Waals surface area contributed by atoms with Crippen LogP contribution in [0.2, 0.25) is 0 Å². The third kappa shape index (κ3) is 4.19. The molecule has 1 heterocycles. The molecule has 4 aromatic rings. The zero-order valence-corrected chi connectivity index (χ0v) is 18.8. The quantitative estimate of drug-likeness (QED) is 0.352. The maximum absolute atomic E-state index is 4.63. The van der Waals surface area contributed by atoms with Gasteiger partial charge in [0, 0.05) is 12.8 Å². The molecule has 0 atom stereocenters. The van der Waals surface area contributed by atoms with Crippen molar-refractivity contribution in [2.24, 2.45) is 7.05 Å². The van der Waals surface area contributed by atoms with E-state index in [0.29, 0.717) is 0 Å². The van der Waals surface area contributed by atoms with Crippen molar-refractivity contribution in [3.8, 4) is 0 Å². The number of benzene rings is 3. The molecule has 0 saturated carbocycles. The first-order valence-electron chi connectivity index (χ1n) is 10.2. The first-order valence-corrected chi connectivity index (χ1v) is 11.2. The molecular weight excluding hydrogens is 386 g/mol. The Balaban J connectivity index is 1.66. The standard InChI is InChI=1S/C26H27N3S/c1-18-15-19(2)23(20(3)16-18)17-30-26-28-27-25(29(26)4)24(21-11-7-5-8-12-21)22-13-9-6-10-14-22/h5-16,24H,17H2,1-4H3. The van der Waals surface area contributed by atoms with E-state index in [1.54, 1.807) is 11.8 Å². The summed E-state index contributed by atoms with van der Waals surface area (Å²) >= 11 is 1.75. The Bertz CT molecular complexity index is 1070. The molecule has 0 saturated heterocycles. The van der Waals surface area contributed by atoms with Crippen LogP contribution >= 0.6 is 11.8 Å². The Labute approximate surface area is 183 Å².